The number of aryl methyl sites for hydroxylation is 1. The van der Waals surface area contributed by atoms with Gasteiger partial charge in [-0.2, -0.15) is 10.2 Å². The molecule has 0 aliphatic heterocycles. The zero-order chi connectivity index (χ0) is 22.0. The van der Waals surface area contributed by atoms with E-state index in [2.05, 4.69) is 15.6 Å². The number of hydrogen-bond acceptors (Lipinski definition) is 6. The number of anilines is 1. The number of hydrazone groups is 1. The summed E-state index contributed by atoms with van der Waals surface area (Å²) in [5.41, 5.74) is 13.1. The summed E-state index contributed by atoms with van der Waals surface area (Å²) in [6, 6.07) is 19.3. The van der Waals surface area contributed by atoms with Gasteiger partial charge in [-0.1, -0.05) is 47.7 Å². The van der Waals surface area contributed by atoms with Crippen LogP contribution in [0.15, 0.2) is 65.8 Å². The third-order valence-corrected chi connectivity index (χ3v) is 6.16. The van der Waals surface area contributed by atoms with Crippen molar-refractivity contribution in [1.82, 2.24) is 19.8 Å². The number of hydrogen-bond donors (Lipinski definition) is 2. The van der Waals surface area contributed by atoms with Gasteiger partial charge in [-0.3, -0.25) is 9.36 Å². The summed E-state index contributed by atoms with van der Waals surface area (Å²) in [5.74, 6) is -0.122. The van der Waals surface area contributed by atoms with Crippen molar-refractivity contribution in [3.05, 3.63) is 86.4 Å². The van der Waals surface area contributed by atoms with E-state index < -0.39 is 5.91 Å². The zero-order valence-corrected chi connectivity index (χ0v) is 18.6. The van der Waals surface area contributed by atoms with Crippen molar-refractivity contribution in [1.29, 1.82) is 0 Å². The summed E-state index contributed by atoms with van der Waals surface area (Å²) in [6.45, 7) is 3.86. The zero-order valence-electron chi connectivity index (χ0n) is 16.9. The topological polar surface area (TPSA) is 90.2 Å². The van der Waals surface area contributed by atoms with Crippen molar-refractivity contribution in [2.75, 3.05) is 5.73 Å². The average Bonchev–Trinajstić information content (AvgIpc) is 3.24. The Labute approximate surface area is 188 Å². The SMILES string of the molecule is Cc1nn(-c2ccccc2)c(C)c1/C=N/NC(=O)c1sc(=S)n(-c2ccccc2)c1N. The molecule has 0 unspecified atom stereocenters. The van der Waals surface area contributed by atoms with E-state index in [0.717, 1.165) is 39.7 Å². The first-order valence-corrected chi connectivity index (χ1v) is 10.7. The van der Waals surface area contributed by atoms with Crippen molar-refractivity contribution in [3.63, 3.8) is 0 Å². The van der Waals surface area contributed by atoms with Crippen molar-refractivity contribution in [2.45, 2.75) is 13.8 Å². The van der Waals surface area contributed by atoms with Crippen LogP contribution in [0.25, 0.3) is 11.4 Å². The summed E-state index contributed by atoms with van der Waals surface area (Å²) < 4.78 is 4.02. The summed E-state index contributed by atoms with van der Waals surface area (Å²) in [4.78, 5) is 13.0. The van der Waals surface area contributed by atoms with E-state index in [-0.39, 0.29) is 5.82 Å². The monoisotopic (exact) mass is 448 g/mol. The third-order valence-electron chi connectivity index (χ3n) is 4.77. The normalized spacial score (nSPS) is 11.2. The summed E-state index contributed by atoms with van der Waals surface area (Å²) in [6.07, 6.45) is 1.60. The van der Waals surface area contributed by atoms with Crippen molar-refractivity contribution >= 4 is 41.5 Å². The van der Waals surface area contributed by atoms with Crippen LogP contribution in [0.1, 0.15) is 26.6 Å². The molecule has 2 aromatic heterocycles. The van der Waals surface area contributed by atoms with Gasteiger partial charge in [-0.25, -0.2) is 10.1 Å². The molecule has 156 valence electrons. The minimum absolute atomic E-state index is 0.290. The third kappa shape index (κ3) is 4.05. The molecule has 31 heavy (non-hydrogen) atoms. The quantitative estimate of drug-likeness (QED) is 0.269. The number of aromatic nitrogens is 3. The first-order chi connectivity index (χ1) is 15.0. The fourth-order valence-electron chi connectivity index (χ4n) is 3.24. The van der Waals surface area contributed by atoms with Crippen LogP contribution in [0.3, 0.4) is 0 Å². The Balaban J connectivity index is 1.55. The molecule has 7 nitrogen and oxygen atoms in total. The largest absolute Gasteiger partial charge is 0.383 e. The van der Waals surface area contributed by atoms with Gasteiger partial charge in [0, 0.05) is 11.3 Å². The molecule has 0 saturated heterocycles. The molecule has 2 heterocycles. The van der Waals surface area contributed by atoms with Crippen molar-refractivity contribution in [3.8, 4) is 11.4 Å². The van der Waals surface area contributed by atoms with E-state index in [1.807, 2.05) is 79.2 Å². The number of rotatable bonds is 5. The molecule has 3 N–H and O–H groups in total. The van der Waals surface area contributed by atoms with Crippen LogP contribution in [0.2, 0.25) is 0 Å². The van der Waals surface area contributed by atoms with E-state index in [1.165, 1.54) is 0 Å². The van der Waals surface area contributed by atoms with E-state index in [1.54, 1.807) is 10.8 Å². The number of carbonyl (C=O) groups is 1. The van der Waals surface area contributed by atoms with Crippen LogP contribution in [0.4, 0.5) is 5.82 Å². The van der Waals surface area contributed by atoms with Crippen molar-refractivity contribution < 1.29 is 4.79 Å². The second kappa shape index (κ2) is 8.66. The number of nitrogens with two attached hydrogens (primary N) is 1. The first-order valence-electron chi connectivity index (χ1n) is 9.49. The summed E-state index contributed by atoms with van der Waals surface area (Å²) >= 11 is 6.55. The number of nitrogens with one attached hydrogen (secondary N) is 1. The molecular formula is C22H20N6OS2. The van der Waals surface area contributed by atoms with Crippen LogP contribution in [0.5, 0.6) is 0 Å². The van der Waals surface area contributed by atoms with Gasteiger partial charge in [0.15, 0.2) is 3.95 Å². The lowest BCUT2D eigenvalue weighted by Crippen LogP contribution is -2.18. The molecule has 0 bridgehead atoms. The molecule has 0 aliphatic carbocycles. The van der Waals surface area contributed by atoms with Gasteiger partial charge in [0.1, 0.15) is 10.7 Å². The lowest BCUT2D eigenvalue weighted by Gasteiger charge is -2.05. The number of nitrogens with zero attached hydrogens (tertiary/aromatic N) is 4. The molecule has 1 amide bonds. The lowest BCUT2D eigenvalue weighted by atomic mass is 10.2. The highest BCUT2D eigenvalue weighted by molar-refractivity contribution is 7.73. The first kappa shape index (κ1) is 20.7. The summed E-state index contributed by atoms with van der Waals surface area (Å²) in [7, 11) is 0. The van der Waals surface area contributed by atoms with Gasteiger partial charge < -0.3 is 5.73 Å². The molecule has 4 rings (SSSR count). The van der Waals surface area contributed by atoms with Crippen LogP contribution in [0, 0.1) is 17.8 Å². The van der Waals surface area contributed by atoms with Crippen molar-refractivity contribution in [2.24, 2.45) is 5.10 Å². The predicted molar refractivity (Wildman–Crippen MR) is 127 cm³/mol. The minimum Gasteiger partial charge on any atom is -0.383 e. The van der Waals surface area contributed by atoms with E-state index in [4.69, 9.17) is 18.0 Å². The molecule has 0 saturated carbocycles. The molecule has 4 aromatic rings. The molecule has 0 atom stereocenters. The van der Waals surface area contributed by atoms with E-state index in [0.29, 0.717) is 8.83 Å². The van der Waals surface area contributed by atoms with E-state index >= 15 is 0 Å². The number of nitrogen functional groups attached to an aromatic ring is 1. The standard InChI is InChI=1S/C22H20N6OS2/c1-14-18(15(2)28(26-14)17-11-7-4-8-12-17)13-24-25-21(29)19-20(23)27(22(30)31-19)16-9-5-3-6-10-16/h3-13H,23H2,1-2H3,(H,25,29)/b24-13+. The highest BCUT2D eigenvalue weighted by Crippen LogP contribution is 2.26. The minimum atomic E-state index is -0.412. The molecular weight excluding hydrogens is 428 g/mol. The maximum Gasteiger partial charge on any atom is 0.285 e. The van der Waals surface area contributed by atoms with Crippen LogP contribution >= 0.6 is 23.6 Å². The second-order valence-corrected chi connectivity index (χ2v) is 8.43. The van der Waals surface area contributed by atoms with Gasteiger partial charge in [-0.05, 0) is 50.3 Å². The van der Waals surface area contributed by atoms with Gasteiger partial charge in [0.25, 0.3) is 5.91 Å². The molecule has 0 aliphatic rings. The second-order valence-electron chi connectivity index (χ2n) is 6.78. The molecule has 0 spiro atoms. The molecule has 9 heteroatoms. The Morgan fingerprint density at radius 2 is 1.71 bits per heavy atom. The Hall–Kier alpha value is -3.56. The van der Waals surface area contributed by atoms with Gasteiger partial charge in [0.05, 0.1) is 23.3 Å². The number of carbonyl (C=O) groups excluding carboxylic acids is 1. The summed E-state index contributed by atoms with van der Waals surface area (Å²) in [5, 5.41) is 8.71. The smallest absolute Gasteiger partial charge is 0.285 e. The Kier molecular flexibility index (Phi) is 5.79. The van der Waals surface area contributed by atoms with Gasteiger partial charge in [0.2, 0.25) is 0 Å². The molecule has 0 fully saturated rings. The number of para-hydroxylation sites is 2. The van der Waals surface area contributed by atoms with E-state index in [9.17, 15) is 4.79 Å². The highest BCUT2D eigenvalue weighted by Gasteiger charge is 2.18. The lowest BCUT2D eigenvalue weighted by molar-refractivity contribution is 0.0959. The van der Waals surface area contributed by atoms with Crippen LogP contribution < -0.4 is 11.2 Å². The van der Waals surface area contributed by atoms with Gasteiger partial charge in [-0.15, -0.1) is 0 Å². The van der Waals surface area contributed by atoms with Gasteiger partial charge >= 0.3 is 0 Å². The average molecular weight is 449 g/mol. The number of thiazole rings is 1. The van der Waals surface area contributed by atoms with Crippen LogP contribution in [-0.4, -0.2) is 26.5 Å². The van der Waals surface area contributed by atoms with Crippen LogP contribution in [-0.2, 0) is 0 Å². The maximum absolute atomic E-state index is 12.7. The highest BCUT2D eigenvalue weighted by atomic mass is 32.1. The number of benzene rings is 2. The number of amides is 1. The maximum atomic E-state index is 12.7. The fraction of sp³-hybridized carbons (Fsp3) is 0.0909. The Morgan fingerprint density at radius 3 is 2.35 bits per heavy atom. The molecule has 0 radical (unpaired) electrons. The Morgan fingerprint density at radius 1 is 1.10 bits per heavy atom. The Bertz CT molecular complexity index is 1320. The predicted octanol–water partition coefficient (Wildman–Crippen LogP) is 4.42. The fourth-order valence-corrected chi connectivity index (χ4v) is 4.50. The molecule has 2 aromatic carbocycles.